The van der Waals surface area contributed by atoms with Gasteiger partial charge in [-0.25, -0.2) is 5.01 Å². The number of fused-ring (bicyclic) bond motifs is 1. The number of anilines is 1. The molecule has 0 spiro atoms. The zero-order valence-corrected chi connectivity index (χ0v) is 21.8. The molecule has 1 heterocycles. The summed E-state index contributed by atoms with van der Waals surface area (Å²) >= 11 is 0. The molecular formula is C27H36N6O3. The molecule has 9 nitrogen and oxygen atoms in total. The molecule has 0 radical (unpaired) electrons. The number of benzene rings is 2. The fraction of sp³-hybridized carbons (Fsp3) is 0.444. The van der Waals surface area contributed by atoms with Crippen LogP contribution in [0.25, 0.3) is 0 Å². The Hall–Kier alpha value is -3.61. The molecule has 0 aromatic heterocycles. The second kappa shape index (κ2) is 12.4. The number of carbonyl (C=O) groups is 2. The number of likely N-dealkylation sites (N-methyl/N-ethyl adjacent to an activating group) is 1. The van der Waals surface area contributed by atoms with Crippen molar-refractivity contribution >= 4 is 17.5 Å². The summed E-state index contributed by atoms with van der Waals surface area (Å²) in [6.07, 6.45) is 0. The Morgan fingerprint density at radius 1 is 1.11 bits per heavy atom. The average Bonchev–Trinajstić information content (AvgIpc) is 3.29. The summed E-state index contributed by atoms with van der Waals surface area (Å²) in [6, 6.07) is 13.7. The first kappa shape index (κ1) is 27.0. The lowest BCUT2D eigenvalue weighted by molar-refractivity contribution is -0.145. The highest BCUT2D eigenvalue weighted by molar-refractivity contribution is 5.86. The van der Waals surface area contributed by atoms with Crippen LogP contribution in [0.2, 0.25) is 0 Å². The van der Waals surface area contributed by atoms with Gasteiger partial charge in [0.1, 0.15) is 5.75 Å². The highest BCUT2D eigenvalue weighted by Gasteiger charge is 2.27. The maximum Gasteiger partial charge on any atom is 0.256 e. The van der Waals surface area contributed by atoms with Gasteiger partial charge in [0.05, 0.1) is 31.8 Å². The minimum Gasteiger partial charge on any atom is -0.497 e. The van der Waals surface area contributed by atoms with Crippen molar-refractivity contribution in [1.29, 1.82) is 5.26 Å². The summed E-state index contributed by atoms with van der Waals surface area (Å²) < 4.78 is 5.33. The van der Waals surface area contributed by atoms with Gasteiger partial charge >= 0.3 is 0 Å². The van der Waals surface area contributed by atoms with E-state index in [1.165, 1.54) is 0 Å². The van der Waals surface area contributed by atoms with Crippen LogP contribution in [0.1, 0.15) is 36.1 Å². The summed E-state index contributed by atoms with van der Waals surface area (Å²) in [5.74, 6) is 0.461. The monoisotopic (exact) mass is 492 g/mol. The van der Waals surface area contributed by atoms with Crippen molar-refractivity contribution < 1.29 is 14.3 Å². The lowest BCUT2D eigenvalue weighted by Gasteiger charge is -2.32. The van der Waals surface area contributed by atoms with Gasteiger partial charge in [-0.1, -0.05) is 26.0 Å². The van der Waals surface area contributed by atoms with Gasteiger partial charge < -0.3 is 20.3 Å². The number of ether oxygens (including phenoxy) is 1. The van der Waals surface area contributed by atoms with Crippen LogP contribution in [0.3, 0.4) is 0 Å². The molecule has 0 saturated heterocycles. The predicted octanol–water partition coefficient (Wildman–Crippen LogP) is 2.19. The average molecular weight is 493 g/mol. The Labute approximate surface area is 213 Å². The van der Waals surface area contributed by atoms with Crippen LogP contribution in [-0.2, 0) is 22.7 Å². The predicted molar refractivity (Wildman–Crippen MR) is 139 cm³/mol. The number of rotatable bonds is 11. The van der Waals surface area contributed by atoms with Gasteiger partial charge in [-0.2, -0.15) is 5.26 Å². The molecule has 2 aromatic carbocycles. The summed E-state index contributed by atoms with van der Waals surface area (Å²) in [4.78, 5) is 27.9. The third-order valence-electron chi connectivity index (χ3n) is 6.24. The highest BCUT2D eigenvalue weighted by atomic mass is 16.5. The molecule has 3 rings (SSSR count). The molecule has 2 amide bonds. The smallest absolute Gasteiger partial charge is 0.256 e. The van der Waals surface area contributed by atoms with Gasteiger partial charge in [0.25, 0.3) is 5.91 Å². The molecule has 1 aliphatic heterocycles. The lowest BCUT2D eigenvalue weighted by atomic mass is 10.1. The number of methoxy groups -OCH3 is 1. The van der Waals surface area contributed by atoms with Crippen LogP contribution in [-0.4, -0.2) is 68.2 Å². The first-order valence-electron chi connectivity index (χ1n) is 12.1. The van der Waals surface area contributed by atoms with Crippen LogP contribution in [0, 0.1) is 18.3 Å². The van der Waals surface area contributed by atoms with Crippen molar-refractivity contribution in [3.63, 3.8) is 0 Å². The third-order valence-corrected chi connectivity index (χ3v) is 6.24. The zero-order chi connectivity index (χ0) is 26.2. The molecule has 0 bridgehead atoms. The molecule has 9 heteroatoms. The second-order valence-electron chi connectivity index (χ2n) is 9.30. The van der Waals surface area contributed by atoms with E-state index in [1.54, 1.807) is 36.2 Å². The first-order valence-corrected chi connectivity index (χ1v) is 12.1. The van der Waals surface area contributed by atoms with Crippen molar-refractivity contribution in [1.82, 2.24) is 20.7 Å². The van der Waals surface area contributed by atoms with E-state index >= 15 is 0 Å². The molecule has 0 aliphatic carbocycles. The number of hydrogen-bond acceptors (Lipinski definition) is 7. The number of amides is 2. The van der Waals surface area contributed by atoms with Gasteiger partial charge in [-0.05, 0) is 47.9 Å². The van der Waals surface area contributed by atoms with Crippen molar-refractivity contribution in [3.8, 4) is 11.8 Å². The quantitative estimate of drug-likeness (QED) is 0.464. The standard InChI is InChI=1S/C27H36N6O3/c1-19(2)29-10-11-30-26(34)17-32(25-12-21(14-28)7-6-20(25)3)18-27(35)31(4)33-15-22-8-9-24(36-5)13-23(22)16-33/h6-9,12-13,19,29H,10-11,15-18H2,1-5H3,(H,30,34). The molecule has 2 aromatic rings. The van der Waals surface area contributed by atoms with E-state index in [2.05, 4.69) is 16.7 Å². The summed E-state index contributed by atoms with van der Waals surface area (Å²) in [5.41, 5.74) is 4.34. The summed E-state index contributed by atoms with van der Waals surface area (Å²) in [6.45, 7) is 8.38. The van der Waals surface area contributed by atoms with Gasteiger partial charge in [0.2, 0.25) is 5.91 Å². The topological polar surface area (TPSA) is 101 Å². The van der Waals surface area contributed by atoms with Crippen molar-refractivity contribution in [2.75, 3.05) is 45.2 Å². The Morgan fingerprint density at radius 2 is 1.86 bits per heavy atom. The molecule has 1 aliphatic rings. The second-order valence-corrected chi connectivity index (χ2v) is 9.30. The Morgan fingerprint density at radius 3 is 2.56 bits per heavy atom. The van der Waals surface area contributed by atoms with Gasteiger partial charge in [0, 0.05) is 45.0 Å². The number of carbonyl (C=O) groups excluding carboxylic acids is 2. The maximum absolute atomic E-state index is 13.4. The van der Waals surface area contributed by atoms with E-state index in [-0.39, 0.29) is 24.9 Å². The van der Waals surface area contributed by atoms with Crippen molar-refractivity contribution in [2.24, 2.45) is 0 Å². The highest BCUT2D eigenvalue weighted by Crippen LogP contribution is 2.28. The molecule has 0 atom stereocenters. The summed E-state index contributed by atoms with van der Waals surface area (Å²) in [7, 11) is 3.39. The van der Waals surface area contributed by atoms with Gasteiger partial charge in [-0.3, -0.25) is 14.6 Å². The van der Waals surface area contributed by atoms with Crippen LogP contribution in [0.4, 0.5) is 5.69 Å². The molecule has 2 N–H and O–H groups in total. The zero-order valence-electron chi connectivity index (χ0n) is 21.8. The van der Waals surface area contributed by atoms with Crippen LogP contribution < -0.4 is 20.3 Å². The Kier molecular flexibility index (Phi) is 9.28. The molecule has 36 heavy (non-hydrogen) atoms. The molecular weight excluding hydrogens is 456 g/mol. The fourth-order valence-electron chi connectivity index (χ4n) is 4.15. The fourth-order valence-corrected chi connectivity index (χ4v) is 4.15. The van der Waals surface area contributed by atoms with E-state index in [0.717, 1.165) is 22.4 Å². The van der Waals surface area contributed by atoms with E-state index in [0.29, 0.717) is 43.5 Å². The minimum atomic E-state index is -0.182. The third kappa shape index (κ3) is 6.97. The molecule has 192 valence electrons. The van der Waals surface area contributed by atoms with Crippen LogP contribution >= 0.6 is 0 Å². The Balaban J connectivity index is 1.72. The largest absolute Gasteiger partial charge is 0.497 e. The minimum absolute atomic E-state index is 0.0000519. The number of aryl methyl sites for hydroxylation is 1. The van der Waals surface area contributed by atoms with E-state index in [9.17, 15) is 14.9 Å². The number of hydrogen-bond donors (Lipinski definition) is 2. The number of hydrazine groups is 1. The SMILES string of the molecule is COc1ccc2c(c1)CN(N(C)C(=O)CN(CC(=O)NCCNC(C)C)c1cc(C#N)ccc1C)C2. The summed E-state index contributed by atoms with van der Waals surface area (Å²) in [5, 5.41) is 19.2. The van der Waals surface area contributed by atoms with E-state index < -0.39 is 0 Å². The van der Waals surface area contributed by atoms with Gasteiger partial charge in [-0.15, -0.1) is 0 Å². The number of nitrogens with zero attached hydrogens (tertiary/aromatic N) is 4. The first-order chi connectivity index (χ1) is 17.2. The van der Waals surface area contributed by atoms with Gasteiger partial charge in [0.15, 0.2) is 0 Å². The van der Waals surface area contributed by atoms with Crippen molar-refractivity contribution in [2.45, 2.75) is 39.9 Å². The molecule has 0 saturated carbocycles. The van der Waals surface area contributed by atoms with E-state index in [4.69, 9.17) is 4.74 Å². The maximum atomic E-state index is 13.4. The number of nitrogens with one attached hydrogen (secondary N) is 2. The lowest BCUT2D eigenvalue weighted by Crippen LogP contribution is -2.48. The van der Waals surface area contributed by atoms with Crippen molar-refractivity contribution in [3.05, 3.63) is 58.7 Å². The van der Waals surface area contributed by atoms with Crippen LogP contribution in [0.15, 0.2) is 36.4 Å². The van der Waals surface area contributed by atoms with E-state index in [1.807, 2.05) is 50.0 Å². The molecule has 0 unspecified atom stereocenters. The number of nitriles is 1. The molecule has 0 fully saturated rings. The van der Waals surface area contributed by atoms with Crippen LogP contribution in [0.5, 0.6) is 5.75 Å². The normalized spacial score (nSPS) is 12.7. The Bertz CT molecular complexity index is 1130.